The molecule has 0 aromatic rings. The van der Waals surface area contributed by atoms with Gasteiger partial charge in [-0.15, -0.1) is 0 Å². The lowest BCUT2D eigenvalue weighted by Gasteiger charge is -2.13. The average Bonchev–Trinajstić information content (AvgIpc) is 2.77. The third kappa shape index (κ3) is 23.6. The summed E-state index contributed by atoms with van der Waals surface area (Å²) in [5.41, 5.74) is 0. The summed E-state index contributed by atoms with van der Waals surface area (Å²) in [6.07, 6.45) is 24.2. The van der Waals surface area contributed by atoms with Gasteiger partial charge in [-0.05, 0) is 19.8 Å². The molecule has 4 nitrogen and oxygen atoms in total. The highest BCUT2D eigenvalue weighted by Crippen LogP contribution is 2.13. The summed E-state index contributed by atoms with van der Waals surface area (Å²) < 4.78 is 10.6. The van der Waals surface area contributed by atoms with Gasteiger partial charge < -0.3 is 9.47 Å². The molecule has 32 heavy (non-hydrogen) atoms. The molecule has 0 amide bonds. The zero-order valence-electron chi connectivity index (χ0n) is 21.8. The Hall–Kier alpha value is -1.06. The highest BCUT2D eigenvalue weighted by molar-refractivity contribution is 5.70. The first-order valence-electron chi connectivity index (χ1n) is 13.9. The summed E-state index contributed by atoms with van der Waals surface area (Å²) in [5, 5.41) is 0. The van der Waals surface area contributed by atoms with Crippen molar-refractivity contribution in [1.82, 2.24) is 0 Å². The largest absolute Gasteiger partial charge is 0.462 e. The Morgan fingerprint density at radius 1 is 0.531 bits per heavy atom. The van der Waals surface area contributed by atoms with Crippen LogP contribution in [-0.4, -0.2) is 24.6 Å². The van der Waals surface area contributed by atoms with Gasteiger partial charge in [-0.3, -0.25) is 9.59 Å². The minimum Gasteiger partial charge on any atom is -0.462 e. The summed E-state index contributed by atoms with van der Waals surface area (Å²) in [6, 6.07) is 0. The first-order chi connectivity index (χ1) is 15.6. The fourth-order valence-electron chi connectivity index (χ4n) is 3.94. The van der Waals surface area contributed by atoms with Crippen LogP contribution >= 0.6 is 0 Å². The van der Waals surface area contributed by atoms with E-state index >= 15 is 0 Å². The van der Waals surface area contributed by atoms with E-state index in [1.165, 1.54) is 96.3 Å². The van der Waals surface area contributed by atoms with Crippen LogP contribution in [0.3, 0.4) is 0 Å². The summed E-state index contributed by atoms with van der Waals surface area (Å²) in [6.45, 7) is 6.44. The molecule has 1 atom stereocenters. The van der Waals surface area contributed by atoms with Gasteiger partial charge in [-0.2, -0.15) is 0 Å². The summed E-state index contributed by atoms with van der Waals surface area (Å²) >= 11 is 0. The van der Waals surface area contributed by atoms with E-state index in [2.05, 4.69) is 13.8 Å². The lowest BCUT2D eigenvalue weighted by molar-refractivity contribution is -0.158. The lowest BCUT2D eigenvalue weighted by atomic mass is 10.1. The standard InChI is InChI=1S/C28H54O4/c1-4-6-8-10-12-14-15-16-18-19-21-23-27(29)31-25-26(3)32-28(30)24-22-20-17-13-11-9-7-5-2/h26H,4-25H2,1-3H3/t26-/m0/s1. The van der Waals surface area contributed by atoms with Crippen molar-refractivity contribution in [3.8, 4) is 0 Å². The number of hydrogen-bond donors (Lipinski definition) is 0. The van der Waals surface area contributed by atoms with Gasteiger partial charge in [0.15, 0.2) is 0 Å². The van der Waals surface area contributed by atoms with Gasteiger partial charge in [0.1, 0.15) is 12.7 Å². The SMILES string of the molecule is CCCCCCCCCCCCCC(=O)OC[C@H](C)OC(=O)CCCCCCCCCC. The Labute approximate surface area is 199 Å². The number of unbranched alkanes of at least 4 members (excludes halogenated alkanes) is 17. The molecule has 0 radical (unpaired) electrons. The first kappa shape index (κ1) is 30.9. The molecule has 0 aromatic heterocycles. The first-order valence-corrected chi connectivity index (χ1v) is 13.9. The van der Waals surface area contributed by atoms with Crippen molar-refractivity contribution in [2.45, 2.75) is 162 Å². The van der Waals surface area contributed by atoms with E-state index < -0.39 is 0 Å². The zero-order chi connectivity index (χ0) is 23.7. The van der Waals surface area contributed by atoms with Crippen LogP contribution in [-0.2, 0) is 19.1 Å². The van der Waals surface area contributed by atoms with E-state index in [4.69, 9.17) is 9.47 Å². The van der Waals surface area contributed by atoms with E-state index in [0.717, 1.165) is 25.7 Å². The fraction of sp³-hybridized carbons (Fsp3) is 0.929. The number of ether oxygens (including phenoxy) is 2. The number of esters is 2. The van der Waals surface area contributed by atoms with Gasteiger partial charge in [0, 0.05) is 12.8 Å². The van der Waals surface area contributed by atoms with Crippen molar-refractivity contribution < 1.29 is 19.1 Å². The van der Waals surface area contributed by atoms with E-state index in [-0.39, 0.29) is 24.6 Å². The minimum atomic E-state index is -0.363. The molecule has 0 saturated carbocycles. The molecule has 0 N–H and O–H groups in total. The molecule has 0 aromatic carbocycles. The van der Waals surface area contributed by atoms with Crippen LogP contribution in [0.4, 0.5) is 0 Å². The topological polar surface area (TPSA) is 52.6 Å². The van der Waals surface area contributed by atoms with E-state index in [0.29, 0.717) is 12.8 Å². The second kappa shape index (κ2) is 24.6. The van der Waals surface area contributed by atoms with Gasteiger partial charge in [0.25, 0.3) is 0 Å². The fourth-order valence-corrected chi connectivity index (χ4v) is 3.94. The predicted molar refractivity (Wildman–Crippen MR) is 135 cm³/mol. The van der Waals surface area contributed by atoms with Crippen molar-refractivity contribution in [3.63, 3.8) is 0 Å². The van der Waals surface area contributed by atoms with Crippen molar-refractivity contribution >= 4 is 11.9 Å². The van der Waals surface area contributed by atoms with Crippen LogP contribution in [0, 0.1) is 0 Å². The van der Waals surface area contributed by atoms with Gasteiger partial charge in [0.05, 0.1) is 0 Å². The van der Waals surface area contributed by atoms with Crippen molar-refractivity contribution in [2.24, 2.45) is 0 Å². The average molecular weight is 455 g/mol. The molecule has 4 heteroatoms. The second-order valence-corrected chi connectivity index (χ2v) is 9.49. The quantitative estimate of drug-likeness (QED) is 0.108. The van der Waals surface area contributed by atoms with Crippen molar-refractivity contribution in [1.29, 1.82) is 0 Å². The normalized spacial score (nSPS) is 12.0. The maximum absolute atomic E-state index is 11.9. The van der Waals surface area contributed by atoms with Crippen LogP contribution in [0.2, 0.25) is 0 Å². The Balaban J connectivity index is 3.45. The zero-order valence-corrected chi connectivity index (χ0v) is 21.8. The van der Waals surface area contributed by atoms with Crippen LogP contribution in [0.5, 0.6) is 0 Å². The maximum Gasteiger partial charge on any atom is 0.306 e. The van der Waals surface area contributed by atoms with Crippen molar-refractivity contribution in [3.05, 3.63) is 0 Å². The molecule has 0 rings (SSSR count). The highest BCUT2D eigenvalue weighted by Gasteiger charge is 2.12. The molecular weight excluding hydrogens is 400 g/mol. The van der Waals surface area contributed by atoms with E-state index in [1.807, 2.05) is 0 Å². The summed E-state index contributed by atoms with van der Waals surface area (Å²) in [5.74, 6) is -0.350. The van der Waals surface area contributed by atoms with Crippen LogP contribution < -0.4 is 0 Å². The molecule has 0 spiro atoms. The van der Waals surface area contributed by atoms with Gasteiger partial charge in [0.2, 0.25) is 0 Å². The molecule has 0 bridgehead atoms. The van der Waals surface area contributed by atoms with Crippen LogP contribution in [0.1, 0.15) is 156 Å². The van der Waals surface area contributed by atoms with Crippen LogP contribution in [0.15, 0.2) is 0 Å². The third-order valence-electron chi connectivity index (χ3n) is 6.03. The number of hydrogen-bond acceptors (Lipinski definition) is 4. The number of carbonyl (C=O) groups excluding carboxylic acids is 2. The van der Waals surface area contributed by atoms with Gasteiger partial charge in [-0.1, -0.05) is 123 Å². The Morgan fingerprint density at radius 3 is 1.28 bits per heavy atom. The summed E-state index contributed by atoms with van der Waals surface area (Å²) in [4.78, 5) is 23.8. The van der Waals surface area contributed by atoms with Crippen molar-refractivity contribution in [2.75, 3.05) is 6.61 Å². The minimum absolute atomic E-state index is 0.167. The molecule has 0 aliphatic heterocycles. The van der Waals surface area contributed by atoms with Gasteiger partial charge >= 0.3 is 11.9 Å². The lowest BCUT2D eigenvalue weighted by Crippen LogP contribution is -2.22. The van der Waals surface area contributed by atoms with Crippen LogP contribution in [0.25, 0.3) is 0 Å². The predicted octanol–water partition coefficient (Wildman–Crippen LogP) is 8.69. The third-order valence-corrected chi connectivity index (χ3v) is 6.03. The number of carbonyl (C=O) groups is 2. The smallest absolute Gasteiger partial charge is 0.306 e. The molecule has 0 aliphatic rings. The molecule has 0 saturated heterocycles. The highest BCUT2D eigenvalue weighted by atomic mass is 16.6. The Kier molecular flexibility index (Phi) is 23.8. The second-order valence-electron chi connectivity index (χ2n) is 9.49. The molecule has 0 unspecified atom stereocenters. The number of rotatable bonds is 24. The monoisotopic (exact) mass is 454 g/mol. The summed E-state index contributed by atoms with van der Waals surface area (Å²) in [7, 11) is 0. The Morgan fingerprint density at radius 2 is 0.875 bits per heavy atom. The maximum atomic E-state index is 11.9. The van der Waals surface area contributed by atoms with Gasteiger partial charge in [-0.25, -0.2) is 0 Å². The molecular formula is C28H54O4. The van der Waals surface area contributed by atoms with E-state index in [9.17, 15) is 9.59 Å². The molecule has 0 fully saturated rings. The Bertz CT molecular complexity index is 422. The molecule has 0 aliphatic carbocycles. The van der Waals surface area contributed by atoms with E-state index in [1.54, 1.807) is 6.92 Å². The molecule has 190 valence electrons. The molecule has 0 heterocycles.